The minimum absolute atomic E-state index is 0.130. The molecular formula is C20H30N4O2. The summed E-state index contributed by atoms with van der Waals surface area (Å²) in [6.45, 7) is 3.79. The van der Waals surface area contributed by atoms with E-state index < -0.39 is 0 Å². The number of hydrogen-bond acceptors (Lipinski definition) is 5. The van der Waals surface area contributed by atoms with Crippen molar-refractivity contribution in [3.05, 3.63) is 23.9 Å². The molecule has 2 bridgehead atoms. The number of anilines is 1. The van der Waals surface area contributed by atoms with Gasteiger partial charge >= 0.3 is 0 Å². The first-order chi connectivity index (χ1) is 12.7. The maximum Gasteiger partial charge on any atom is 0.223 e. The number of fused-ring (bicyclic) bond motifs is 2. The van der Waals surface area contributed by atoms with Gasteiger partial charge in [-0.2, -0.15) is 0 Å². The smallest absolute Gasteiger partial charge is 0.223 e. The first-order valence-corrected chi connectivity index (χ1v) is 10.0. The molecule has 1 saturated heterocycles. The van der Waals surface area contributed by atoms with Crippen molar-refractivity contribution in [3.8, 4) is 0 Å². The maximum absolute atomic E-state index is 12.7. The molecule has 0 spiro atoms. The zero-order valence-corrected chi connectivity index (χ0v) is 15.4. The monoisotopic (exact) mass is 358 g/mol. The topological polar surface area (TPSA) is 80.5 Å². The highest BCUT2D eigenvalue weighted by Gasteiger charge is 2.40. The van der Waals surface area contributed by atoms with Gasteiger partial charge in [0.15, 0.2) is 0 Å². The molecule has 0 radical (unpaired) electrons. The van der Waals surface area contributed by atoms with Crippen molar-refractivity contribution in [1.29, 1.82) is 0 Å². The third-order valence-electron chi connectivity index (χ3n) is 6.40. The summed E-state index contributed by atoms with van der Waals surface area (Å²) >= 11 is 0. The fourth-order valence-corrected chi connectivity index (χ4v) is 4.87. The van der Waals surface area contributed by atoms with Crippen LogP contribution in [0.25, 0.3) is 0 Å². The Kier molecular flexibility index (Phi) is 5.41. The summed E-state index contributed by atoms with van der Waals surface area (Å²) in [5.74, 6) is 2.36. The first kappa shape index (κ1) is 17.7. The van der Waals surface area contributed by atoms with E-state index in [-0.39, 0.29) is 11.8 Å². The fourth-order valence-electron chi connectivity index (χ4n) is 4.87. The van der Waals surface area contributed by atoms with Crippen LogP contribution in [0.4, 0.5) is 5.82 Å². The summed E-state index contributed by atoms with van der Waals surface area (Å²) in [7, 11) is 0. The van der Waals surface area contributed by atoms with E-state index in [1.165, 1.54) is 19.3 Å². The Morgan fingerprint density at radius 1 is 1.27 bits per heavy atom. The van der Waals surface area contributed by atoms with Crippen LogP contribution in [-0.4, -0.2) is 43.2 Å². The number of pyridine rings is 1. The number of amides is 1. The molecule has 3 aliphatic rings. The summed E-state index contributed by atoms with van der Waals surface area (Å²) in [6.07, 6.45) is 7.40. The molecule has 1 amide bonds. The van der Waals surface area contributed by atoms with Crippen LogP contribution in [0, 0.1) is 17.8 Å². The molecule has 1 aliphatic heterocycles. The highest BCUT2D eigenvalue weighted by atomic mass is 16.5. The van der Waals surface area contributed by atoms with Gasteiger partial charge in [0.25, 0.3) is 0 Å². The van der Waals surface area contributed by atoms with Gasteiger partial charge in [-0.15, -0.1) is 0 Å². The molecule has 0 aromatic carbocycles. The van der Waals surface area contributed by atoms with Crippen molar-refractivity contribution in [2.75, 3.05) is 31.2 Å². The average Bonchev–Trinajstić information content (AvgIpc) is 2.67. The quantitative estimate of drug-likeness (QED) is 0.856. The van der Waals surface area contributed by atoms with E-state index >= 15 is 0 Å². The number of ether oxygens (including phenoxy) is 1. The number of nitrogens with two attached hydrogens (primary N) is 1. The van der Waals surface area contributed by atoms with Gasteiger partial charge in [-0.3, -0.25) is 4.79 Å². The Balaban J connectivity index is 1.33. The van der Waals surface area contributed by atoms with Crippen LogP contribution in [0.1, 0.15) is 37.7 Å². The highest BCUT2D eigenvalue weighted by molar-refractivity contribution is 5.78. The van der Waals surface area contributed by atoms with E-state index in [0.29, 0.717) is 24.4 Å². The second kappa shape index (κ2) is 7.92. The van der Waals surface area contributed by atoms with Crippen molar-refractivity contribution >= 4 is 11.7 Å². The van der Waals surface area contributed by atoms with Crippen LogP contribution in [0.15, 0.2) is 18.3 Å². The molecular weight excluding hydrogens is 328 g/mol. The summed E-state index contributed by atoms with van der Waals surface area (Å²) < 4.78 is 5.40. The lowest BCUT2D eigenvalue weighted by atomic mass is 9.65. The van der Waals surface area contributed by atoms with Crippen molar-refractivity contribution < 1.29 is 9.53 Å². The van der Waals surface area contributed by atoms with E-state index in [1.54, 1.807) is 0 Å². The Labute approximate surface area is 155 Å². The standard InChI is InChI=1S/C20H30N4O2/c21-19-15-2-1-3-16(19)12-17(11-15)20(25)23-13-14-4-5-22-18(10-14)24-6-8-26-9-7-24/h4-5,10,15-17,19H,1-3,6-9,11-13,21H2,(H,23,25). The number of carbonyl (C=O) groups excluding carboxylic acids is 1. The second-order valence-corrected chi connectivity index (χ2v) is 8.04. The average molecular weight is 358 g/mol. The Hall–Kier alpha value is -1.66. The number of morpholine rings is 1. The first-order valence-electron chi connectivity index (χ1n) is 10.0. The zero-order valence-electron chi connectivity index (χ0n) is 15.4. The predicted octanol–water partition coefficient (Wildman–Crippen LogP) is 1.69. The molecule has 4 rings (SSSR count). The summed E-state index contributed by atoms with van der Waals surface area (Å²) in [5, 5.41) is 3.15. The van der Waals surface area contributed by atoms with Gasteiger partial charge < -0.3 is 20.7 Å². The summed E-state index contributed by atoms with van der Waals surface area (Å²) in [5.41, 5.74) is 7.45. The molecule has 2 unspecified atom stereocenters. The van der Waals surface area contributed by atoms with E-state index in [4.69, 9.17) is 10.5 Å². The number of aromatic nitrogens is 1. The lowest BCUT2D eigenvalue weighted by Gasteiger charge is -2.43. The number of nitrogens with zero attached hydrogens (tertiary/aromatic N) is 2. The molecule has 142 valence electrons. The Morgan fingerprint density at radius 3 is 2.73 bits per heavy atom. The molecule has 1 aromatic heterocycles. The maximum atomic E-state index is 12.7. The Bertz CT molecular complexity index is 618. The predicted molar refractivity (Wildman–Crippen MR) is 101 cm³/mol. The SMILES string of the molecule is NC1C2CCCC1CC(C(=O)NCc1ccnc(N3CCOCC3)c1)C2. The van der Waals surface area contributed by atoms with E-state index in [2.05, 4.69) is 21.3 Å². The number of hydrogen-bond donors (Lipinski definition) is 2. The van der Waals surface area contributed by atoms with Gasteiger partial charge in [-0.1, -0.05) is 6.42 Å². The normalized spacial score (nSPS) is 31.5. The van der Waals surface area contributed by atoms with Crippen LogP contribution in [0.3, 0.4) is 0 Å². The number of nitrogens with one attached hydrogen (secondary N) is 1. The largest absolute Gasteiger partial charge is 0.378 e. The summed E-state index contributed by atoms with van der Waals surface area (Å²) in [6, 6.07) is 4.37. The van der Waals surface area contributed by atoms with Crippen LogP contribution in [0.5, 0.6) is 0 Å². The van der Waals surface area contributed by atoms with Crippen molar-refractivity contribution in [2.24, 2.45) is 23.5 Å². The van der Waals surface area contributed by atoms with Gasteiger partial charge in [0.1, 0.15) is 5.82 Å². The lowest BCUT2D eigenvalue weighted by molar-refractivity contribution is -0.128. The molecule has 2 aliphatic carbocycles. The van der Waals surface area contributed by atoms with Gasteiger partial charge in [0.05, 0.1) is 13.2 Å². The van der Waals surface area contributed by atoms with Gasteiger partial charge in [-0.05, 0) is 55.2 Å². The number of rotatable bonds is 4. The molecule has 2 heterocycles. The molecule has 2 saturated carbocycles. The van der Waals surface area contributed by atoms with Crippen molar-refractivity contribution in [2.45, 2.75) is 44.7 Å². The van der Waals surface area contributed by atoms with Crippen LogP contribution < -0.4 is 16.0 Å². The van der Waals surface area contributed by atoms with Crippen molar-refractivity contribution in [1.82, 2.24) is 10.3 Å². The van der Waals surface area contributed by atoms with Crippen LogP contribution in [0.2, 0.25) is 0 Å². The minimum atomic E-state index is 0.130. The van der Waals surface area contributed by atoms with Gasteiger partial charge in [0.2, 0.25) is 5.91 Å². The van der Waals surface area contributed by atoms with E-state index in [9.17, 15) is 4.79 Å². The molecule has 1 aromatic rings. The van der Waals surface area contributed by atoms with Crippen molar-refractivity contribution in [3.63, 3.8) is 0 Å². The molecule has 6 heteroatoms. The summed E-state index contributed by atoms with van der Waals surface area (Å²) in [4.78, 5) is 19.4. The molecule has 3 N–H and O–H groups in total. The molecule has 3 fully saturated rings. The molecule has 2 atom stereocenters. The van der Waals surface area contributed by atoms with Gasteiger partial charge in [-0.25, -0.2) is 4.98 Å². The third kappa shape index (κ3) is 3.86. The number of carbonyl (C=O) groups is 1. The highest BCUT2D eigenvalue weighted by Crippen LogP contribution is 2.41. The second-order valence-electron chi connectivity index (χ2n) is 8.04. The van der Waals surface area contributed by atoms with Gasteiger partial charge in [0, 0.05) is 37.8 Å². The minimum Gasteiger partial charge on any atom is -0.378 e. The molecule has 6 nitrogen and oxygen atoms in total. The fraction of sp³-hybridized carbons (Fsp3) is 0.700. The van der Waals surface area contributed by atoms with E-state index in [1.807, 2.05) is 12.3 Å². The van der Waals surface area contributed by atoms with E-state index in [0.717, 1.165) is 50.5 Å². The zero-order chi connectivity index (χ0) is 17.9. The Morgan fingerprint density at radius 2 is 2.00 bits per heavy atom. The van der Waals surface area contributed by atoms with Crippen LogP contribution in [-0.2, 0) is 16.1 Å². The third-order valence-corrected chi connectivity index (χ3v) is 6.40. The van der Waals surface area contributed by atoms with Crippen LogP contribution >= 0.6 is 0 Å². The molecule has 26 heavy (non-hydrogen) atoms. The lowest BCUT2D eigenvalue weighted by Crippen LogP contribution is -2.49.